The molecule has 6 heteroatoms. The van der Waals surface area contributed by atoms with Crippen molar-refractivity contribution in [3.05, 3.63) is 53.6 Å². The van der Waals surface area contributed by atoms with Crippen molar-refractivity contribution in [1.82, 2.24) is 0 Å². The lowest BCUT2D eigenvalue weighted by Crippen LogP contribution is -2.22. The summed E-state index contributed by atoms with van der Waals surface area (Å²) in [7, 11) is 0. The lowest BCUT2D eigenvalue weighted by atomic mass is 9.95. The maximum atomic E-state index is 12.6. The Labute approximate surface area is 144 Å². The van der Waals surface area contributed by atoms with Crippen molar-refractivity contribution in [3.63, 3.8) is 0 Å². The smallest absolute Gasteiger partial charge is 0.308 e. The van der Waals surface area contributed by atoms with Crippen molar-refractivity contribution in [2.24, 2.45) is 0 Å². The Kier molecular flexibility index (Phi) is 4.52. The van der Waals surface area contributed by atoms with Gasteiger partial charge in [0.05, 0.1) is 6.42 Å². The van der Waals surface area contributed by atoms with E-state index in [1.165, 1.54) is 26.0 Å². The topological polar surface area (TPSA) is 78.9 Å². The molecule has 0 amide bonds. The number of benzene rings is 2. The minimum Gasteiger partial charge on any atom is -0.484 e. The number of ketones is 1. The van der Waals surface area contributed by atoms with Gasteiger partial charge in [0.1, 0.15) is 28.9 Å². The van der Waals surface area contributed by atoms with Gasteiger partial charge in [-0.1, -0.05) is 30.3 Å². The maximum absolute atomic E-state index is 12.6. The number of rotatable bonds is 3. The molecule has 1 aliphatic heterocycles. The second kappa shape index (κ2) is 6.76. The first-order valence-corrected chi connectivity index (χ1v) is 7.73. The first kappa shape index (κ1) is 16.7. The van der Waals surface area contributed by atoms with Gasteiger partial charge in [0.15, 0.2) is 5.78 Å². The van der Waals surface area contributed by atoms with Crippen LogP contribution in [0.25, 0.3) is 0 Å². The maximum Gasteiger partial charge on any atom is 0.308 e. The fraction of sp³-hybridized carbons (Fsp3) is 0.211. The lowest BCUT2D eigenvalue weighted by molar-refractivity contribution is -0.132. The van der Waals surface area contributed by atoms with Gasteiger partial charge in [0.2, 0.25) is 0 Å². The summed E-state index contributed by atoms with van der Waals surface area (Å²) in [6, 6.07) is 12.1. The third-order valence-corrected chi connectivity index (χ3v) is 3.64. The number of fused-ring (bicyclic) bond motifs is 1. The number of carbonyl (C=O) groups excluding carboxylic acids is 3. The van der Waals surface area contributed by atoms with Crippen LogP contribution in [-0.4, -0.2) is 17.7 Å². The zero-order valence-corrected chi connectivity index (χ0v) is 13.8. The van der Waals surface area contributed by atoms with E-state index in [2.05, 4.69) is 0 Å². The third-order valence-electron chi connectivity index (χ3n) is 3.64. The molecule has 0 saturated heterocycles. The number of carbonyl (C=O) groups is 3. The molecule has 0 saturated carbocycles. The number of ether oxygens (including phenoxy) is 3. The zero-order valence-electron chi connectivity index (χ0n) is 13.8. The highest BCUT2D eigenvalue weighted by Crippen LogP contribution is 2.42. The first-order chi connectivity index (χ1) is 11.9. The monoisotopic (exact) mass is 340 g/mol. The highest BCUT2D eigenvalue weighted by atomic mass is 16.5. The van der Waals surface area contributed by atoms with Crippen LogP contribution < -0.4 is 14.2 Å². The third kappa shape index (κ3) is 3.68. The number of hydrogen-bond donors (Lipinski definition) is 0. The fourth-order valence-corrected chi connectivity index (χ4v) is 2.71. The van der Waals surface area contributed by atoms with Crippen molar-refractivity contribution < 1.29 is 28.6 Å². The molecule has 0 N–H and O–H groups in total. The fourth-order valence-electron chi connectivity index (χ4n) is 2.71. The number of Topliss-reactive ketones (excluding diaryl/α,β-unsaturated/α-hetero) is 1. The largest absolute Gasteiger partial charge is 0.484 e. The molecule has 0 unspecified atom stereocenters. The molecule has 1 heterocycles. The molecular formula is C19H16O6. The van der Waals surface area contributed by atoms with E-state index in [4.69, 9.17) is 14.2 Å². The van der Waals surface area contributed by atoms with Crippen molar-refractivity contribution in [2.45, 2.75) is 26.4 Å². The van der Waals surface area contributed by atoms with E-state index >= 15 is 0 Å². The molecule has 128 valence electrons. The molecule has 0 spiro atoms. The normalized spacial score (nSPS) is 15.8. The van der Waals surface area contributed by atoms with Crippen LogP contribution in [0.3, 0.4) is 0 Å². The minimum absolute atomic E-state index is 0.0257. The van der Waals surface area contributed by atoms with Crippen molar-refractivity contribution >= 4 is 17.7 Å². The Morgan fingerprint density at radius 1 is 1.04 bits per heavy atom. The summed E-state index contributed by atoms with van der Waals surface area (Å²) in [5, 5.41) is 0. The van der Waals surface area contributed by atoms with Crippen molar-refractivity contribution in [3.8, 4) is 17.2 Å². The molecule has 0 aliphatic carbocycles. The molecule has 1 atom stereocenters. The summed E-state index contributed by atoms with van der Waals surface area (Å²) in [5.41, 5.74) is 1.03. The average molecular weight is 340 g/mol. The Morgan fingerprint density at radius 2 is 1.72 bits per heavy atom. The molecule has 25 heavy (non-hydrogen) atoms. The quantitative estimate of drug-likeness (QED) is 0.630. The van der Waals surface area contributed by atoms with Crippen LogP contribution in [0.15, 0.2) is 42.5 Å². The molecule has 0 bridgehead atoms. The van der Waals surface area contributed by atoms with Crippen LogP contribution >= 0.6 is 0 Å². The highest BCUT2D eigenvalue weighted by molar-refractivity contribution is 6.03. The zero-order chi connectivity index (χ0) is 18.0. The van der Waals surface area contributed by atoms with Gasteiger partial charge in [-0.3, -0.25) is 14.4 Å². The van der Waals surface area contributed by atoms with Gasteiger partial charge in [-0.2, -0.15) is 0 Å². The van der Waals surface area contributed by atoms with Gasteiger partial charge in [0.25, 0.3) is 0 Å². The first-order valence-electron chi connectivity index (χ1n) is 7.73. The average Bonchev–Trinajstić information content (AvgIpc) is 2.53. The van der Waals surface area contributed by atoms with Gasteiger partial charge in [0, 0.05) is 26.0 Å². The molecule has 2 aromatic carbocycles. The van der Waals surface area contributed by atoms with Crippen molar-refractivity contribution in [1.29, 1.82) is 0 Å². The van der Waals surface area contributed by atoms with Crippen LogP contribution in [0.5, 0.6) is 17.2 Å². The molecular weight excluding hydrogens is 324 g/mol. The summed E-state index contributed by atoms with van der Waals surface area (Å²) in [4.78, 5) is 35.2. The molecule has 0 aromatic heterocycles. The summed E-state index contributed by atoms with van der Waals surface area (Å²) in [5.74, 6) is -0.932. The molecule has 0 radical (unpaired) electrons. The van der Waals surface area contributed by atoms with Gasteiger partial charge >= 0.3 is 11.9 Å². The number of hydrogen-bond acceptors (Lipinski definition) is 6. The molecule has 2 aromatic rings. The summed E-state index contributed by atoms with van der Waals surface area (Å²) in [6.45, 7) is 2.48. The lowest BCUT2D eigenvalue weighted by Gasteiger charge is -2.27. The van der Waals surface area contributed by atoms with Crippen LogP contribution in [0.2, 0.25) is 0 Å². The van der Waals surface area contributed by atoms with E-state index in [0.717, 1.165) is 5.56 Å². The Hall–Kier alpha value is -3.15. The highest BCUT2D eigenvalue weighted by Gasteiger charge is 2.32. The predicted molar refractivity (Wildman–Crippen MR) is 87.8 cm³/mol. The van der Waals surface area contributed by atoms with E-state index in [9.17, 15) is 14.4 Å². The van der Waals surface area contributed by atoms with Gasteiger partial charge in [-0.05, 0) is 5.56 Å². The van der Waals surface area contributed by atoms with E-state index in [-0.39, 0.29) is 35.0 Å². The standard InChI is InChI=1S/C19H16O6/c1-11(20)23-14-8-17(24-12(2)21)19-15(22)10-16(25-18(19)9-14)13-6-4-3-5-7-13/h3-9,16H,10H2,1-2H3/t16-/m1/s1. The Morgan fingerprint density at radius 3 is 2.36 bits per heavy atom. The summed E-state index contributed by atoms with van der Waals surface area (Å²) < 4.78 is 16.1. The SMILES string of the molecule is CC(=O)Oc1cc(OC(C)=O)c2c(c1)O[C@@H](c1ccccc1)CC2=O. The Balaban J connectivity index is 2.04. The van der Waals surface area contributed by atoms with Crippen LogP contribution in [0.1, 0.15) is 42.3 Å². The van der Waals surface area contributed by atoms with Gasteiger partial charge < -0.3 is 14.2 Å². The predicted octanol–water partition coefficient (Wildman–Crippen LogP) is 3.24. The van der Waals surface area contributed by atoms with E-state index in [0.29, 0.717) is 0 Å². The Bertz CT molecular complexity index is 840. The summed E-state index contributed by atoms with van der Waals surface area (Å²) >= 11 is 0. The molecule has 0 fully saturated rings. The van der Waals surface area contributed by atoms with Crippen molar-refractivity contribution in [2.75, 3.05) is 0 Å². The molecule has 6 nitrogen and oxygen atoms in total. The van der Waals surface area contributed by atoms with Crippen LogP contribution in [-0.2, 0) is 9.59 Å². The second-order valence-corrected chi connectivity index (χ2v) is 5.63. The van der Waals surface area contributed by atoms with E-state index < -0.39 is 18.0 Å². The van der Waals surface area contributed by atoms with E-state index in [1.54, 1.807) is 0 Å². The van der Waals surface area contributed by atoms with Gasteiger partial charge in [-0.15, -0.1) is 0 Å². The van der Waals surface area contributed by atoms with Crippen LogP contribution in [0.4, 0.5) is 0 Å². The number of esters is 2. The second-order valence-electron chi connectivity index (χ2n) is 5.63. The molecule has 3 rings (SSSR count). The van der Waals surface area contributed by atoms with Crippen LogP contribution in [0, 0.1) is 0 Å². The van der Waals surface area contributed by atoms with Gasteiger partial charge in [-0.25, -0.2) is 0 Å². The summed E-state index contributed by atoms with van der Waals surface area (Å²) in [6.07, 6.45) is -0.336. The van der Waals surface area contributed by atoms with E-state index in [1.807, 2.05) is 30.3 Å². The molecule has 1 aliphatic rings. The minimum atomic E-state index is -0.583.